The lowest BCUT2D eigenvalue weighted by Crippen LogP contribution is -2.31. The number of carbonyl (C=O) groups excluding carboxylic acids is 4. The maximum absolute atomic E-state index is 13.3. The van der Waals surface area contributed by atoms with E-state index in [1.807, 2.05) is 39.8 Å². The van der Waals surface area contributed by atoms with Gasteiger partial charge >= 0.3 is 0 Å². The molecule has 5 aromatic rings. The van der Waals surface area contributed by atoms with Crippen LogP contribution >= 0.6 is 22.7 Å². The summed E-state index contributed by atoms with van der Waals surface area (Å²) in [6.07, 6.45) is 5.06. The fraction of sp³-hybridized carbons (Fsp3) is 0.318. The summed E-state index contributed by atoms with van der Waals surface area (Å²) < 4.78 is 2.16. The zero-order valence-corrected chi connectivity index (χ0v) is 31.7. The molecule has 0 N–H and O–H groups in total. The molecule has 50 heavy (non-hydrogen) atoms. The summed E-state index contributed by atoms with van der Waals surface area (Å²) in [6.45, 7) is 16.4. The molecule has 2 heterocycles. The molecule has 2 saturated carbocycles. The average molecular weight is 699 g/mol. The minimum Gasteiger partial charge on any atom is -0.294 e. The minimum absolute atomic E-state index is 0.0949. The first kappa shape index (κ1) is 34.2. The van der Waals surface area contributed by atoms with Gasteiger partial charge in [0.15, 0.2) is 23.1 Å². The highest BCUT2D eigenvalue weighted by atomic mass is 32.1. The van der Waals surface area contributed by atoms with Gasteiger partial charge in [-0.3, -0.25) is 19.2 Å². The van der Waals surface area contributed by atoms with E-state index in [1.54, 1.807) is 22.7 Å². The van der Waals surface area contributed by atoms with Gasteiger partial charge in [-0.15, -0.1) is 22.7 Å². The maximum Gasteiger partial charge on any atom is 0.167 e. The lowest BCUT2D eigenvalue weighted by Gasteiger charge is -2.28. The molecule has 0 amide bonds. The van der Waals surface area contributed by atoms with E-state index in [-0.39, 0.29) is 34.0 Å². The Labute approximate surface area is 301 Å². The van der Waals surface area contributed by atoms with Crippen LogP contribution in [0.25, 0.3) is 54.6 Å². The van der Waals surface area contributed by atoms with Crippen LogP contribution in [0.2, 0.25) is 0 Å². The topological polar surface area (TPSA) is 68.3 Å². The van der Waals surface area contributed by atoms with Crippen LogP contribution in [0.3, 0.4) is 0 Å². The van der Waals surface area contributed by atoms with Crippen LogP contribution in [0.5, 0.6) is 0 Å². The molecule has 2 fully saturated rings. The molecule has 254 valence electrons. The number of thiophene rings is 2. The molecule has 7 rings (SSSR count). The summed E-state index contributed by atoms with van der Waals surface area (Å²) in [4.78, 5) is 54.9. The van der Waals surface area contributed by atoms with Crippen LogP contribution in [0.1, 0.15) is 85.4 Å². The van der Waals surface area contributed by atoms with E-state index < -0.39 is 0 Å². The van der Waals surface area contributed by atoms with Crippen LogP contribution in [0, 0.1) is 38.5 Å². The highest BCUT2D eigenvalue weighted by molar-refractivity contribution is 7.22. The van der Waals surface area contributed by atoms with Gasteiger partial charge in [-0.2, -0.15) is 0 Å². The Morgan fingerprint density at radius 3 is 1.10 bits per heavy atom. The van der Waals surface area contributed by atoms with E-state index in [0.29, 0.717) is 36.8 Å². The lowest BCUT2D eigenvalue weighted by atomic mass is 9.74. The normalized spacial score (nSPS) is 17.7. The summed E-state index contributed by atoms with van der Waals surface area (Å²) in [5, 5.41) is 2.13. The van der Waals surface area contributed by atoms with Gasteiger partial charge in [0.25, 0.3) is 0 Å². The van der Waals surface area contributed by atoms with E-state index in [4.69, 9.17) is 0 Å². The van der Waals surface area contributed by atoms with Gasteiger partial charge < -0.3 is 0 Å². The molecular formula is C44H42O4S2. The van der Waals surface area contributed by atoms with E-state index >= 15 is 0 Å². The van der Waals surface area contributed by atoms with Gasteiger partial charge in [-0.25, -0.2) is 0 Å². The van der Waals surface area contributed by atoms with Crippen molar-refractivity contribution in [3.05, 3.63) is 91.7 Å². The number of Topliss-reactive ketones (excluding diaryl/α,β-unsaturated/α-hetero) is 4. The minimum atomic E-state index is -0.336. The van der Waals surface area contributed by atoms with Crippen LogP contribution in [-0.4, -0.2) is 23.1 Å². The lowest BCUT2D eigenvalue weighted by molar-refractivity contribution is -0.128. The fourth-order valence-corrected chi connectivity index (χ4v) is 10.4. The van der Waals surface area contributed by atoms with Gasteiger partial charge in [-0.05, 0) is 96.2 Å². The average Bonchev–Trinajstić information content (AvgIpc) is 3.60. The SMILES string of the molecule is Cc1cccc(C)c1-c1c2cc(C=C3C(=O)CC(C)(C)CC3=O)sc2c(-c2c(C)cccc2C)c2cc(C=C3C(=O)CC(C)(C)CC3=O)sc12. The molecule has 4 nitrogen and oxygen atoms in total. The summed E-state index contributed by atoms with van der Waals surface area (Å²) in [7, 11) is 0. The Bertz CT molecular complexity index is 2080. The van der Waals surface area contributed by atoms with Crippen molar-refractivity contribution < 1.29 is 19.2 Å². The molecule has 3 aromatic carbocycles. The smallest absolute Gasteiger partial charge is 0.167 e. The Balaban J connectivity index is 1.58. The first-order valence-corrected chi connectivity index (χ1v) is 18.9. The molecule has 0 saturated heterocycles. The highest BCUT2D eigenvalue weighted by Gasteiger charge is 2.37. The van der Waals surface area contributed by atoms with E-state index in [2.05, 4.69) is 76.2 Å². The molecule has 0 bridgehead atoms. The summed E-state index contributed by atoms with van der Waals surface area (Å²) >= 11 is 3.23. The van der Waals surface area contributed by atoms with Crippen molar-refractivity contribution in [1.82, 2.24) is 0 Å². The Morgan fingerprint density at radius 1 is 0.500 bits per heavy atom. The van der Waals surface area contributed by atoms with Gasteiger partial charge in [0.05, 0.1) is 11.1 Å². The van der Waals surface area contributed by atoms with Crippen molar-refractivity contribution in [1.29, 1.82) is 0 Å². The number of fused-ring (bicyclic) bond motifs is 2. The first-order chi connectivity index (χ1) is 23.5. The quantitative estimate of drug-likeness (QED) is 0.138. The van der Waals surface area contributed by atoms with Gasteiger partial charge in [0, 0.05) is 66.7 Å². The molecule has 0 spiro atoms. The number of carbonyl (C=O) groups is 4. The molecule has 2 aliphatic rings. The highest BCUT2D eigenvalue weighted by Crippen LogP contribution is 2.52. The van der Waals surface area contributed by atoms with Crippen molar-refractivity contribution >= 4 is 78.1 Å². The second-order valence-electron chi connectivity index (χ2n) is 15.9. The number of rotatable bonds is 4. The predicted molar refractivity (Wildman–Crippen MR) is 209 cm³/mol. The van der Waals surface area contributed by atoms with E-state index in [0.717, 1.165) is 74.4 Å². The molecule has 2 aromatic heterocycles. The van der Waals surface area contributed by atoms with Gasteiger partial charge in [-0.1, -0.05) is 64.1 Å². The van der Waals surface area contributed by atoms with Crippen molar-refractivity contribution in [2.75, 3.05) is 0 Å². The summed E-state index contributed by atoms with van der Waals surface area (Å²) in [5.41, 5.74) is 8.98. The van der Waals surface area contributed by atoms with E-state index in [1.165, 1.54) is 0 Å². The van der Waals surface area contributed by atoms with Crippen molar-refractivity contribution in [3.63, 3.8) is 0 Å². The molecule has 0 radical (unpaired) electrons. The Morgan fingerprint density at radius 2 is 0.800 bits per heavy atom. The standard InChI is InChI=1S/C44H42O4S2/c1-23-11-9-12-24(2)37(23)39-31-17-27(15-29-33(45)19-43(5,6)20-34(29)46)50-42(31)40(38-25(3)13-10-14-26(38)4)32-18-28(49-41(32)39)16-30-35(47)21-44(7,8)22-36(30)48/h9-18H,19-22H2,1-8H3. The predicted octanol–water partition coefficient (Wildman–Crippen LogP) is 11.4. The number of allylic oxidation sites excluding steroid dienone is 2. The van der Waals surface area contributed by atoms with Crippen LogP contribution in [0.4, 0.5) is 0 Å². The largest absolute Gasteiger partial charge is 0.294 e. The monoisotopic (exact) mass is 698 g/mol. The summed E-state index contributed by atoms with van der Waals surface area (Å²) in [6, 6.07) is 17.0. The van der Waals surface area contributed by atoms with Crippen molar-refractivity contribution in [3.8, 4) is 22.3 Å². The first-order valence-electron chi connectivity index (χ1n) is 17.3. The molecule has 0 aliphatic heterocycles. The third kappa shape index (κ3) is 5.96. The fourth-order valence-electron chi connectivity index (χ4n) is 8.03. The van der Waals surface area contributed by atoms with E-state index in [9.17, 15) is 19.2 Å². The molecule has 6 heteroatoms. The number of hydrogen-bond acceptors (Lipinski definition) is 6. The second kappa shape index (κ2) is 12.2. The van der Waals surface area contributed by atoms with Crippen LogP contribution < -0.4 is 0 Å². The van der Waals surface area contributed by atoms with Crippen molar-refractivity contribution in [2.45, 2.75) is 81.1 Å². The van der Waals surface area contributed by atoms with Gasteiger partial charge in [0.2, 0.25) is 0 Å². The zero-order chi connectivity index (χ0) is 35.9. The molecule has 0 atom stereocenters. The number of hydrogen-bond donors (Lipinski definition) is 0. The second-order valence-corrected chi connectivity index (χ2v) is 18.1. The Hall–Kier alpha value is -4.26. The maximum atomic E-state index is 13.3. The Kier molecular flexibility index (Phi) is 8.35. The zero-order valence-electron chi connectivity index (χ0n) is 30.1. The van der Waals surface area contributed by atoms with Gasteiger partial charge in [0.1, 0.15) is 0 Å². The third-order valence-electron chi connectivity index (χ3n) is 10.3. The van der Waals surface area contributed by atoms with Crippen molar-refractivity contribution in [2.24, 2.45) is 10.8 Å². The number of benzene rings is 3. The van der Waals surface area contributed by atoms with Crippen LogP contribution in [0.15, 0.2) is 59.7 Å². The number of aryl methyl sites for hydroxylation is 4. The third-order valence-corrected chi connectivity index (χ3v) is 12.5. The molecule has 2 aliphatic carbocycles. The molecular weight excluding hydrogens is 657 g/mol. The summed E-state index contributed by atoms with van der Waals surface area (Å²) in [5.74, 6) is -0.380. The molecule has 0 unspecified atom stereocenters. The number of ketones is 4. The van der Waals surface area contributed by atoms with Crippen LogP contribution in [-0.2, 0) is 19.2 Å².